The van der Waals surface area contributed by atoms with Gasteiger partial charge in [-0.15, -0.1) is 0 Å². The number of fused-ring (bicyclic) bond motifs is 1. The predicted molar refractivity (Wildman–Crippen MR) is 39.2 cm³/mol. The van der Waals surface area contributed by atoms with E-state index in [-0.39, 0.29) is 0 Å². The topological polar surface area (TPSA) is 49.9 Å². The van der Waals surface area contributed by atoms with Crippen molar-refractivity contribution in [1.29, 1.82) is 0 Å². The molecule has 0 saturated heterocycles. The number of H-pyrrole nitrogens is 1. The molecular weight excluding hydrogens is 142 g/mol. The van der Waals surface area contributed by atoms with Crippen LogP contribution in [0.4, 0.5) is 0 Å². The van der Waals surface area contributed by atoms with E-state index in [1.165, 1.54) is 6.08 Å². The zero-order chi connectivity index (χ0) is 7.84. The monoisotopic (exact) mass is 147 g/mol. The lowest BCUT2D eigenvalue weighted by atomic mass is 10.0. The van der Waals surface area contributed by atoms with Crippen LogP contribution in [0.3, 0.4) is 0 Å². The van der Waals surface area contributed by atoms with E-state index in [0.29, 0.717) is 5.69 Å². The molecule has 0 aromatic carbocycles. The zero-order valence-corrected chi connectivity index (χ0v) is 5.63. The molecule has 1 heterocycles. The minimum absolute atomic E-state index is 0.400. The second kappa shape index (κ2) is 1.92. The first-order chi connectivity index (χ1) is 5.29. The lowest BCUT2D eigenvalue weighted by molar-refractivity contribution is -0.110. The smallest absolute Gasteiger partial charge is 0.249 e. The Bertz CT molecular complexity index is 360. The Morgan fingerprint density at radius 1 is 1.18 bits per heavy atom. The quantitative estimate of drug-likeness (QED) is 0.551. The van der Waals surface area contributed by atoms with Crippen LogP contribution in [0.25, 0.3) is 6.08 Å². The van der Waals surface area contributed by atoms with Crippen molar-refractivity contribution in [1.82, 2.24) is 4.98 Å². The maximum atomic E-state index is 11.0. The molecule has 1 aliphatic rings. The highest BCUT2D eigenvalue weighted by Crippen LogP contribution is 2.14. The van der Waals surface area contributed by atoms with E-state index >= 15 is 0 Å². The molecule has 0 bridgehead atoms. The fraction of sp³-hybridized carbons (Fsp3) is 0. The summed E-state index contributed by atoms with van der Waals surface area (Å²) in [5, 5.41) is 0. The van der Waals surface area contributed by atoms with Crippen LogP contribution in [0, 0.1) is 0 Å². The molecule has 1 N–H and O–H groups in total. The van der Waals surface area contributed by atoms with Gasteiger partial charge in [0.2, 0.25) is 11.6 Å². The standard InChI is InChI=1S/C8H5NO2/c10-6-2-1-5-3-4-9-7(5)8(6)11/h1-4,9H. The van der Waals surface area contributed by atoms with Crippen LogP contribution in [0.15, 0.2) is 18.3 Å². The Balaban J connectivity index is 2.66. The van der Waals surface area contributed by atoms with E-state index in [0.717, 1.165) is 5.56 Å². The van der Waals surface area contributed by atoms with Gasteiger partial charge in [0.25, 0.3) is 0 Å². The van der Waals surface area contributed by atoms with Crippen molar-refractivity contribution < 1.29 is 9.59 Å². The normalized spacial score (nSPS) is 15.3. The van der Waals surface area contributed by atoms with Crippen molar-refractivity contribution in [3.63, 3.8) is 0 Å². The number of carbonyl (C=O) groups excluding carboxylic acids is 2. The van der Waals surface area contributed by atoms with Gasteiger partial charge in [0.1, 0.15) is 0 Å². The summed E-state index contributed by atoms with van der Waals surface area (Å²) >= 11 is 0. The van der Waals surface area contributed by atoms with E-state index in [4.69, 9.17) is 0 Å². The summed E-state index contributed by atoms with van der Waals surface area (Å²) in [5.41, 5.74) is 1.19. The van der Waals surface area contributed by atoms with Crippen LogP contribution in [-0.2, 0) is 4.79 Å². The molecule has 1 aliphatic carbocycles. The van der Waals surface area contributed by atoms with E-state index < -0.39 is 11.6 Å². The van der Waals surface area contributed by atoms with Crippen LogP contribution >= 0.6 is 0 Å². The molecule has 0 spiro atoms. The number of aromatic amines is 1. The van der Waals surface area contributed by atoms with Gasteiger partial charge in [-0.1, -0.05) is 0 Å². The molecule has 0 atom stereocenters. The molecule has 0 radical (unpaired) electrons. The molecule has 1 aromatic heterocycles. The van der Waals surface area contributed by atoms with E-state index in [1.54, 1.807) is 18.3 Å². The average Bonchev–Trinajstić information content (AvgIpc) is 2.45. The first-order valence-electron chi connectivity index (χ1n) is 3.23. The molecular formula is C8H5NO2. The van der Waals surface area contributed by atoms with Gasteiger partial charge in [0, 0.05) is 11.8 Å². The van der Waals surface area contributed by atoms with Gasteiger partial charge in [0.15, 0.2) is 0 Å². The van der Waals surface area contributed by atoms with E-state index in [1.807, 2.05) is 0 Å². The molecule has 0 amide bonds. The third-order valence-corrected chi connectivity index (χ3v) is 1.64. The Labute approximate surface area is 62.7 Å². The first-order valence-corrected chi connectivity index (χ1v) is 3.23. The Morgan fingerprint density at radius 3 is 2.82 bits per heavy atom. The largest absolute Gasteiger partial charge is 0.358 e. The van der Waals surface area contributed by atoms with Gasteiger partial charge in [-0.2, -0.15) is 0 Å². The summed E-state index contributed by atoms with van der Waals surface area (Å²) < 4.78 is 0. The Kier molecular flexibility index (Phi) is 1.06. The molecule has 0 fully saturated rings. The van der Waals surface area contributed by atoms with Crippen molar-refractivity contribution in [3.8, 4) is 0 Å². The Morgan fingerprint density at radius 2 is 2.00 bits per heavy atom. The van der Waals surface area contributed by atoms with Crippen LogP contribution < -0.4 is 0 Å². The number of allylic oxidation sites excluding steroid dienone is 1. The molecule has 3 heteroatoms. The number of rotatable bonds is 0. The number of hydrogen-bond acceptors (Lipinski definition) is 2. The summed E-state index contributed by atoms with van der Waals surface area (Å²) in [5.74, 6) is -0.910. The summed E-state index contributed by atoms with van der Waals surface area (Å²) in [6, 6.07) is 1.76. The highest BCUT2D eigenvalue weighted by atomic mass is 16.2. The number of aromatic nitrogens is 1. The van der Waals surface area contributed by atoms with Crippen LogP contribution in [0.5, 0.6) is 0 Å². The summed E-state index contributed by atoms with van der Waals surface area (Å²) in [6.45, 7) is 0. The third kappa shape index (κ3) is 0.741. The van der Waals surface area contributed by atoms with Crippen molar-refractivity contribution in [3.05, 3.63) is 29.6 Å². The minimum Gasteiger partial charge on any atom is -0.358 e. The highest BCUT2D eigenvalue weighted by molar-refractivity contribution is 6.49. The van der Waals surface area contributed by atoms with Gasteiger partial charge in [-0.25, -0.2) is 0 Å². The molecule has 0 aliphatic heterocycles. The number of Topliss-reactive ketones (excluding diaryl/α,β-unsaturated/α-hetero) is 1. The summed E-state index contributed by atoms with van der Waals surface area (Å²) in [7, 11) is 0. The molecule has 3 nitrogen and oxygen atoms in total. The van der Waals surface area contributed by atoms with Crippen molar-refractivity contribution in [2.24, 2.45) is 0 Å². The highest BCUT2D eigenvalue weighted by Gasteiger charge is 2.20. The lowest BCUT2D eigenvalue weighted by Crippen LogP contribution is -2.15. The second-order valence-corrected chi connectivity index (χ2v) is 2.33. The van der Waals surface area contributed by atoms with Gasteiger partial charge in [-0.05, 0) is 18.2 Å². The van der Waals surface area contributed by atoms with Gasteiger partial charge in [-0.3, -0.25) is 9.59 Å². The van der Waals surface area contributed by atoms with E-state index in [9.17, 15) is 9.59 Å². The van der Waals surface area contributed by atoms with Crippen LogP contribution in [0.2, 0.25) is 0 Å². The average molecular weight is 147 g/mol. The minimum atomic E-state index is -0.458. The molecule has 54 valence electrons. The fourth-order valence-corrected chi connectivity index (χ4v) is 1.08. The molecule has 2 rings (SSSR count). The van der Waals surface area contributed by atoms with Crippen LogP contribution in [0.1, 0.15) is 16.1 Å². The van der Waals surface area contributed by atoms with Gasteiger partial charge < -0.3 is 4.98 Å². The third-order valence-electron chi connectivity index (χ3n) is 1.64. The number of ketones is 2. The lowest BCUT2D eigenvalue weighted by Gasteiger charge is -2.00. The van der Waals surface area contributed by atoms with E-state index in [2.05, 4.69) is 4.98 Å². The number of nitrogens with one attached hydrogen (secondary N) is 1. The molecule has 1 aromatic rings. The molecule has 11 heavy (non-hydrogen) atoms. The Hall–Kier alpha value is -1.64. The maximum Gasteiger partial charge on any atom is 0.249 e. The van der Waals surface area contributed by atoms with Gasteiger partial charge >= 0.3 is 0 Å². The summed E-state index contributed by atoms with van der Waals surface area (Å²) in [6.07, 6.45) is 4.57. The zero-order valence-electron chi connectivity index (χ0n) is 5.63. The first kappa shape index (κ1) is 6.09. The predicted octanol–water partition coefficient (Wildman–Crippen LogP) is 0.793. The fourth-order valence-electron chi connectivity index (χ4n) is 1.08. The number of hydrogen-bond donors (Lipinski definition) is 1. The van der Waals surface area contributed by atoms with Crippen molar-refractivity contribution >= 4 is 17.6 Å². The molecule has 0 saturated carbocycles. The van der Waals surface area contributed by atoms with Crippen LogP contribution in [-0.4, -0.2) is 16.6 Å². The van der Waals surface area contributed by atoms with Crippen molar-refractivity contribution in [2.75, 3.05) is 0 Å². The van der Waals surface area contributed by atoms with Crippen molar-refractivity contribution in [2.45, 2.75) is 0 Å². The SMILES string of the molecule is O=C1C=Cc2cc[nH]c2C1=O. The summed E-state index contributed by atoms with van der Waals surface area (Å²) in [4.78, 5) is 24.6. The number of carbonyl (C=O) groups is 2. The molecule has 0 unspecified atom stereocenters. The van der Waals surface area contributed by atoms with Gasteiger partial charge in [0.05, 0.1) is 5.69 Å². The maximum absolute atomic E-state index is 11.0. The second-order valence-electron chi connectivity index (χ2n) is 2.33.